The summed E-state index contributed by atoms with van der Waals surface area (Å²) < 4.78 is 21.8. The molecule has 0 atom stereocenters. The van der Waals surface area contributed by atoms with Crippen molar-refractivity contribution in [3.8, 4) is 17.2 Å². The number of hydrogen-bond acceptors (Lipinski definition) is 6. The molecule has 0 aliphatic carbocycles. The first-order chi connectivity index (χ1) is 11.7. The van der Waals surface area contributed by atoms with E-state index < -0.39 is 5.97 Å². The highest BCUT2D eigenvalue weighted by atomic mass is 79.9. The Bertz CT molecular complexity index is 756. The lowest BCUT2D eigenvalue weighted by Crippen LogP contribution is -2.14. The fraction of sp³-hybridized carbons (Fsp3) is 0.176. The van der Waals surface area contributed by atoms with Crippen LogP contribution in [-0.2, 0) is 16.1 Å². The molecule has 7 heteroatoms. The SMILES string of the molecule is O=Cc1ccc(OCC(=O)OCc2cc3c(cc2Br)OCO3)cc1. The van der Waals surface area contributed by atoms with Crippen LogP contribution >= 0.6 is 15.9 Å². The van der Waals surface area contributed by atoms with Gasteiger partial charge in [0.15, 0.2) is 18.1 Å². The van der Waals surface area contributed by atoms with E-state index in [0.717, 1.165) is 16.3 Å². The lowest BCUT2D eigenvalue weighted by molar-refractivity contribution is -0.147. The molecular weight excluding hydrogens is 380 g/mol. The van der Waals surface area contributed by atoms with Gasteiger partial charge in [0.25, 0.3) is 0 Å². The first kappa shape index (κ1) is 16.3. The number of halogens is 1. The summed E-state index contributed by atoms with van der Waals surface area (Å²) in [6.45, 7) is 0.0495. The van der Waals surface area contributed by atoms with Crippen LogP contribution in [0.25, 0.3) is 0 Å². The normalized spacial score (nSPS) is 11.9. The molecule has 1 aliphatic heterocycles. The smallest absolute Gasteiger partial charge is 0.344 e. The zero-order valence-corrected chi connectivity index (χ0v) is 14.1. The Hall–Kier alpha value is -2.54. The number of benzene rings is 2. The van der Waals surface area contributed by atoms with Gasteiger partial charge in [0.05, 0.1) is 0 Å². The van der Waals surface area contributed by atoms with Crippen molar-refractivity contribution in [1.29, 1.82) is 0 Å². The predicted molar refractivity (Wildman–Crippen MR) is 87.4 cm³/mol. The number of aldehydes is 1. The fourth-order valence-electron chi connectivity index (χ4n) is 2.05. The van der Waals surface area contributed by atoms with Crippen LogP contribution in [0.1, 0.15) is 15.9 Å². The summed E-state index contributed by atoms with van der Waals surface area (Å²) in [4.78, 5) is 22.3. The van der Waals surface area contributed by atoms with E-state index in [4.69, 9.17) is 18.9 Å². The third-order valence-electron chi connectivity index (χ3n) is 3.30. The van der Waals surface area contributed by atoms with Crippen LogP contribution in [-0.4, -0.2) is 25.7 Å². The molecule has 0 aromatic heterocycles. The largest absolute Gasteiger partial charge is 0.482 e. The Kier molecular flexibility index (Phi) is 5.00. The molecule has 0 saturated heterocycles. The van der Waals surface area contributed by atoms with Crippen molar-refractivity contribution in [2.75, 3.05) is 13.4 Å². The van der Waals surface area contributed by atoms with Crippen LogP contribution in [0, 0.1) is 0 Å². The molecule has 3 rings (SSSR count). The highest BCUT2D eigenvalue weighted by Crippen LogP contribution is 2.37. The van der Waals surface area contributed by atoms with Gasteiger partial charge in [-0.3, -0.25) is 4.79 Å². The van der Waals surface area contributed by atoms with Gasteiger partial charge in [0, 0.05) is 15.6 Å². The summed E-state index contributed by atoms with van der Waals surface area (Å²) in [5.41, 5.74) is 1.31. The molecule has 6 nitrogen and oxygen atoms in total. The molecule has 2 aromatic carbocycles. The zero-order chi connectivity index (χ0) is 16.9. The molecule has 2 aromatic rings. The molecular formula is C17H13BrO6. The Morgan fingerprint density at radius 1 is 1.17 bits per heavy atom. The van der Waals surface area contributed by atoms with Crippen LogP contribution in [0.4, 0.5) is 0 Å². The number of hydrogen-bond donors (Lipinski definition) is 0. The van der Waals surface area contributed by atoms with E-state index >= 15 is 0 Å². The van der Waals surface area contributed by atoms with Crippen LogP contribution in [0.2, 0.25) is 0 Å². The van der Waals surface area contributed by atoms with Crippen molar-refractivity contribution in [3.05, 3.63) is 52.0 Å². The molecule has 1 aliphatic rings. The van der Waals surface area contributed by atoms with Gasteiger partial charge >= 0.3 is 5.97 Å². The molecule has 1 heterocycles. The van der Waals surface area contributed by atoms with Gasteiger partial charge in [-0.15, -0.1) is 0 Å². The van der Waals surface area contributed by atoms with E-state index in [1.807, 2.05) is 0 Å². The monoisotopic (exact) mass is 392 g/mol. The Morgan fingerprint density at radius 3 is 2.58 bits per heavy atom. The number of fused-ring (bicyclic) bond motifs is 1. The van der Waals surface area contributed by atoms with Gasteiger partial charge in [-0.1, -0.05) is 15.9 Å². The van der Waals surface area contributed by atoms with Crippen molar-refractivity contribution in [2.24, 2.45) is 0 Å². The Labute approximate surface area is 146 Å². The average molecular weight is 393 g/mol. The van der Waals surface area contributed by atoms with Crippen molar-refractivity contribution in [3.63, 3.8) is 0 Å². The molecule has 0 N–H and O–H groups in total. The van der Waals surface area contributed by atoms with Gasteiger partial charge in [-0.2, -0.15) is 0 Å². The third-order valence-corrected chi connectivity index (χ3v) is 4.04. The molecule has 0 spiro atoms. The second kappa shape index (κ2) is 7.35. The van der Waals surface area contributed by atoms with Crippen LogP contribution in [0.15, 0.2) is 40.9 Å². The van der Waals surface area contributed by atoms with Gasteiger partial charge in [0.2, 0.25) is 6.79 Å². The molecule has 24 heavy (non-hydrogen) atoms. The lowest BCUT2D eigenvalue weighted by Gasteiger charge is -2.09. The molecule has 0 unspecified atom stereocenters. The van der Waals surface area contributed by atoms with Crippen LogP contribution in [0.3, 0.4) is 0 Å². The first-order valence-electron chi connectivity index (χ1n) is 7.07. The van der Waals surface area contributed by atoms with Crippen molar-refractivity contribution in [1.82, 2.24) is 0 Å². The van der Waals surface area contributed by atoms with Gasteiger partial charge in [-0.25, -0.2) is 4.79 Å². The number of ether oxygens (including phenoxy) is 4. The maximum atomic E-state index is 11.8. The minimum Gasteiger partial charge on any atom is -0.482 e. The van der Waals surface area contributed by atoms with E-state index in [0.29, 0.717) is 22.8 Å². The predicted octanol–water partition coefficient (Wildman–Crippen LogP) is 3.11. The first-order valence-corrected chi connectivity index (χ1v) is 7.86. The van der Waals surface area contributed by atoms with Crippen molar-refractivity contribution in [2.45, 2.75) is 6.61 Å². The molecule has 0 fully saturated rings. The summed E-state index contributed by atoms with van der Waals surface area (Å²) in [6.07, 6.45) is 0.737. The van der Waals surface area contributed by atoms with Crippen LogP contribution in [0.5, 0.6) is 17.2 Å². The van der Waals surface area contributed by atoms with Gasteiger partial charge in [-0.05, 0) is 36.4 Å². The summed E-state index contributed by atoms with van der Waals surface area (Å²) in [7, 11) is 0. The molecule has 124 valence electrons. The number of rotatable bonds is 6. The highest BCUT2D eigenvalue weighted by Gasteiger charge is 2.17. The lowest BCUT2D eigenvalue weighted by atomic mass is 10.2. The van der Waals surface area contributed by atoms with Crippen LogP contribution < -0.4 is 14.2 Å². The highest BCUT2D eigenvalue weighted by molar-refractivity contribution is 9.10. The number of esters is 1. The van der Waals surface area contributed by atoms with E-state index in [2.05, 4.69) is 15.9 Å². The van der Waals surface area contributed by atoms with E-state index in [1.54, 1.807) is 36.4 Å². The molecule has 0 bridgehead atoms. The van der Waals surface area contributed by atoms with Crippen molar-refractivity contribution >= 4 is 28.2 Å². The van der Waals surface area contributed by atoms with E-state index in [1.165, 1.54) is 0 Å². The standard InChI is InChI=1S/C17H13BrO6/c18-14-6-16-15(23-10-24-16)5-12(14)8-22-17(20)9-21-13-3-1-11(7-19)2-4-13/h1-7H,8-10H2. The maximum Gasteiger partial charge on any atom is 0.344 e. The summed E-state index contributed by atoms with van der Waals surface area (Å²) in [6, 6.07) is 9.99. The number of carbonyl (C=O) groups excluding carboxylic acids is 2. The van der Waals surface area contributed by atoms with E-state index in [-0.39, 0.29) is 20.0 Å². The molecule has 0 amide bonds. The van der Waals surface area contributed by atoms with Gasteiger partial charge < -0.3 is 18.9 Å². The molecule has 0 saturated carbocycles. The maximum absolute atomic E-state index is 11.8. The minimum atomic E-state index is -0.501. The second-order valence-electron chi connectivity index (χ2n) is 4.93. The zero-order valence-electron chi connectivity index (χ0n) is 12.5. The summed E-state index contributed by atoms with van der Waals surface area (Å²) in [5, 5.41) is 0. The minimum absolute atomic E-state index is 0.0868. The fourth-order valence-corrected chi connectivity index (χ4v) is 2.49. The molecule has 0 radical (unpaired) electrons. The topological polar surface area (TPSA) is 71.1 Å². The average Bonchev–Trinajstić information content (AvgIpc) is 3.05. The van der Waals surface area contributed by atoms with Gasteiger partial charge in [0.1, 0.15) is 18.6 Å². The van der Waals surface area contributed by atoms with E-state index in [9.17, 15) is 9.59 Å². The third kappa shape index (κ3) is 3.86. The number of carbonyl (C=O) groups is 2. The summed E-state index contributed by atoms with van der Waals surface area (Å²) in [5.74, 6) is 1.26. The summed E-state index contributed by atoms with van der Waals surface area (Å²) >= 11 is 3.40. The quantitative estimate of drug-likeness (QED) is 0.555. The Morgan fingerprint density at radius 2 is 1.88 bits per heavy atom. The Balaban J connectivity index is 1.51. The second-order valence-corrected chi connectivity index (χ2v) is 5.79. The van der Waals surface area contributed by atoms with Crippen molar-refractivity contribution < 1.29 is 28.5 Å².